The topological polar surface area (TPSA) is 87.6 Å². The van der Waals surface area contributed by atoms with E-state index in [4.69, 9.17) is 11.6 Å². The van der Waals surface area contributed by atoms with Crippen LogP contribution in [0.2, 0.25) is 0 Å². The molecule has 6 heteroatoms. The molecule has 0 spiro atoms. The fraction of sp³-hybridized carbons (Fsp3) is 0.464. The van der Waals surface area contributed by atoms with Crippen LogP contribution in [-0.4, -0.2) is 34.9 Å². The number of carbonyl (C=O) groups is 1. The van der Waals surface area contributed by atoms with E-state index < -0.39 is 0 Å². The third-order valence-electron chi connectivity index (χ3n) is 7.14. The third kappa shape index (κ3) is 6.61. The highest BCUT2D eigenvalue weighted by atomic mass is 16.1. The van der Waals surface area contributed by atoms with E-state index in [1.54, 1.807) is 5.01 Å². The number of hydrogen-bond donors (Lipinski definition) is 3. The Hall–Kier alpha value is -2.83. The van der Waals surface area contributed by atoms with E-state index >= 15 is 0 Å². The van der Waals surface area contributed by atoms with Gasteiger partial charge in [-0.15, -0.1) is 0 Å². The Balaban J connectivity index is 1.36. The number of hydrazine groups is 1. The van der Waals surface area contributed by atoms with Gasteiger partial charge >= 0.3 is 0 Å². The zero-order valence-electron chi connectivity index (χ0n) is 20.4. The predicted octanol–water partition coefficient (Wildman–Crippen LogP) is 4.94. The molecule has 4 rings (SSSR count). The largest absolute Gasteiger partial charge is 0.397 e. The van der Waals surface area contributed by atoms with Gasteiger partial charge in [0.1, 0.15) is 0 Å². The van der Waals surface area contributed by atoms with Crippen LogP contribution in [0.25, 0.3) is 5.70 Å². The van der Waals surface area contributed by atoms with Crippen LogP contribution in [0.4, 0.5) is 5.69 Å². The Morgan fingerprint density at radius 1 is 1.06 bits per heavy atom. The van der Waals surface area contributed by atoms with Crippen LogP contribution in [0.3, 0.4) is 0 Å². The average Bonchev–Trinajstić information content (AvgIpc) is 2.85. The monoisotopic (exact) mass is 461 g/mol. The SMILES string of the molecule is CC1CCCC(N(N)/C=C(\N)c2cccc(NC(=O)c3ccc(CN4CCCCC4)cc3)c2)C1. The first-order valence-corrected chi connectivity index (χ1v) is 12.7. The number of anilines is 1. The minimum atomic E-state index is -0.124. The molecule has 0 aromatic heterocycles. The highest BCUT2D eigenvalue weighted by Gasteiger charge is 2.21. The number of benzene rings is 2. The molecule has 2 unspecified atom stereocenters. The van der Waals surface area contributed by atoms with Crippen molar-refractivity contribution in [2.24, 2.45) is 17.5 Å². The third-order valence-corrected chi connectivity index (χ3v) is 7.14. The molecule has 34 heavy (non-hydrogen) atoms. The van der Waals surface area contributed by atoms with Crippen molar-refractivity contribution in [2.45, 2.75) is 64.5 Å². The zero-order chi connectivity index (χ0) is 23.9. The van der Waals surface area contributed by atoms with Gasteiger partial charge in [-0.3, -0.25) is 9.69 Å². The van der Waals surface area contributed by atoms with Gasteiger partial charge in [-0.1, -0.05) is 50.5 Å². The molecule has 0 bridgehead atoms. The number of carbonyl (C=O) groups excluding carboxylic acids is 1. The summed E-state index contributed by atoms with van der Waals surface area (Å²) in [7, 11) is 0. The normalized spacial score (nSPS) is 21.8. The molecule has 1 aliphatic carbocycles. The number of amides is 1. The lowest BCUT2D eigenvalue weighted by atomic mass is 9.87. The van der Waals surface area contributed by atoms with Crippen molar-refractivity contribution in [1.29, 1.82) is 0 Å². The standard InChI is InChI=1S/C28H39N5O/c1-21-7-5-10-26(17-21)33(30)20-27(29)24-8-6-9-25(18-24)31-28(34)23-13-11-22(12-14-23)19-32-15-3-2-4-16-32/h6,8-9,11-14,18,20-21,26H,2-5,7,10,15-17,19,29-30H2,1H3,(H,31,34)/b27-20-. The van der Waals surface area contributed by atoms with Gasteiger partial charge in [0.05, 0.1) is 5.70 Å². The number of nitrogens with zero attached hydrogens (tertiary/aromatic N) is 2. The van der Waals surface area contributed by atoms with Gasteiger partial charge in [-0.2, -0.15) is 0 Å². The molecule has 2 aromatic carbocycles. The van der Waals surface area contributed by atoms with Crippen LogP contribution in [0.1, 0.15) is 73.4 Å². The minimum Gasteiger partial charge on any atom is -0.397 e. The second-order valence-corrected chi connectivity index (χ2v) is 10.0. The molecule has 5 N–H and O–H groups in total. The van der Waals surface area contributed by atoms with E-state index in [9.17, 15) is 4.79 Å². The van der Waals surface area contributed by atoms with Crippen LogP contribution >= 0.6 is 0 Å². The highest BCUT2D eigenvalue weighted by Crippen LogP contribution is 2.27. The number of likely N-dealkylation sites (tertiary alicyclic amines) is 1. The maximum absolute atomic E-state index is 12.8. The van der Waals surface area contributed by atoms with Crippen LogP contribution in [0.15, 0.2) is 54.7 Å². The van der Waals surface area contributed by atoms with Crippen molar-refractivity contribution in [3.05, 3.63) is 71.4 Å². The quantitative estimate of drug-likeness (QED) is 0.402. The van der Waals surface area contributed by atoms with Crippen LogP contribution in [0.5, 0.6) is 0 Å². The van der Waals surface area contributed by atoms with Gasteiger partial charge in [-0.25, -0.2) is 5.84 Å². The maximum atomic E-state index is 12.8. The van der Waals surface area contributed by atoms with Crippen molar-refractivity contribution in [3.63, 3.8) is 0 Å². The summed E-state index contributed by atoms with van der Waals surface area (Å²) in [5.74, 6) is 6.89. The molecule has 1 saturated carbocycles. The summed E-state index contributed by atoms with van der Waals surface area (Å²) >= 11 is 0. The lowest BCUT2D eigenvalue weighted by molar-refractivity contribution is 0.102. The molecule has 1 heterocycles. The van der Waals surface area contributed by atoms with Gasteiger partial charge in [0.2, 0.25) is 0 Å². The van der Waals surface area contributed by atoms with Crippen molar-refractivity contribution in [3.8, 4) is 0 Å². The van der Waals surface area contributed by atoms with Gasteiger partial charge in [-0.05, 0) is 74.5 Å². The van der Waals surface area contributed by atoms with Crippen LogP contribution < -0.4 is 16.9 Å². The summed E-state index contributed by atoms with van der Waals surface area (Å²) in [6, 6.07) is 15.9. The summed E-state index contributed by atoms with van der Waals surface area (Å²) in [5.41, 5.74) is 10.4. The average molecular weight is 462 g/mol. The predicted molar refractivity (Wildman–Crippen MR) is 140 cm³/mol. The Morgan fingerprint density at radius 2 is 1.82 bits per heavy atom. The lowest BCUT2D eigenvalue weighted by Crippen LogP contribution is -2.40. The summed E-state index contributed by atoms with van der Waals surface area (Å²) < 4.78 is 0. The Labute approximate surface area is 204 Å². The smallest absolute Gasteiger partial charge is 0.255 e. The maximum Gasteiger partial charge on any atom is 0.255 e. The number of rotatable bonds is 7. The Morgan fingerprint density at radius 3 is 2.56 bits per heavy atom. The summed E-state index contributed by atoms with van der Waals surface area (Å²) in [5, 5.41) is 4.77. The molecule has 1 aliphatic heterocycles. The van der Waals surface area contributed by atoms with E-state index in [1.165, 1.54) is 37.7 Å². The number of piperidine rings is 1. The number of nitrogens with one attached hydrogen (secondary N) is 1. The molecule has 182 valence electrons. The Bertz CT molecular complexity index is 981. The molecule has 2 atom stereocenters. The van der Waals surface area contributed by atoms with Crippen molar-refractivity contribution < 1.29 is 4.79 Å². The first-order valence-electron chi connectivity index (χ1n) is 12.7. The van der Waals surface area contributed by atoms with Gasteiger partial charge < -0.3 is 16.1 Å². The van der Waals surface area contributed by atoms with Crippen molar-refractivity contribution in [2.75, 3.05) is 18.4 Å². The van der Waals surface area contributed by atoms with E-state index in [2.05, 4.69) is 29.3 Å². The molecule has 1 amide bonds. The summed E-state index contributed by atoms with van der Waals surface area (Å²) in [4.78, 5) is 15.3. The highest BCUT2D eigenvalue weighted by molar-refractivity contribution is 6.04. The van der Waals surface area contributed by atoms with E-state index in [0.717, 1.165) is 38.0 Å². The van der Waals surface area contributed by atoms with E-state index in [1.807, 2.05) is 42.6 Å². The lowest BCUT2D eigenvalue weighted by Gasteiger charge is -2.33. The van der Waals surface area contributed by atoms with Gasteiger partial charge in [0.25, 0.3) is 5.91 Å². The summed E-state index contributed by atoms with van der Waals surface area (Å²) in [6.07, 6.45) is 10.4. The molecule has 6 nitrogen and oxygen atoms in total. The first kappa shape index (κ1) is 24.3. The second kappa shape index (κ2) is 11.5. The molecule has 2 aromatic rings. The van der Waals surface area contributed by atoms with Crippen molar-refractivity contribution in [1.82, 2.24) is 9.91 Å². The fourth-order valence-electron chi connectivity index (χ4n) is 5.13. The van der Waals surface area contributed by atoms with Crippen LogP contribution in [-0.2, 0) is 6.54 Å². The fourth-order valence-corrected chi connectivity index (χ4v) is 5.13. The molecular weight excluding hydrogens is 422 g/mol. The van der Waals surface area contributed by atoms with Gasteiger partial charge in [0, 0.05) is 35.6 Å². The van der Waals surface area contributed by atoms with Crippen molar-refractivity contribution >= 4 is 17.3 Å². The molecule has 2 fully saturated rings. The summed E-state index contributed by atoms with van der Waals surface area (Å²) in [6.45, 7) is 5.56. The molecular formula is C28H39N5O. The van der Waals surface area contributed by atoms with Crippen LogP contribution in [0, 0.1) is 5.92 Å². The Kier molecular flexibility index (Phi) is 8.25. The number of hydrogen-bond acceptors (Lipinski definition) is 5. The minimum absolute atomic E-state index is 0.124. The molecule has 2 aliphatic rings. The molecule has 1 saturated heterocycles. The van der Waals surface area contributed by atoms with E-state index in [-0.39, 0.29) is 5.91 Å². The van der Waals surface area contributed by atoms with Gasteiger partial charge in [0.15, 0.2) is 0 Å². The first-order chi connectivity index (χ1) is 16.5. The molecule has 0 radical (unpaired) electrons. The van der Waals surface area contributed by atoms with E-state index in [0.29, 0.717) is 28.9 Å². The second-order valence-electron chi connectivity index (χ2n) is 10.0. The zero-order valence-corrected chi connectivity index (χ0v) is 20.4. The number of nitrogens with two attached hydrogens (primary N) is 2.